The lowest BCUT2D eigenvalue weighted by atomic mass is 9.93. The molecule has 0 spiro atoms. The number of hydrogen-bond donors (Lipinski definition) is 1. The van der Waals surface area contributed by atoms with Crippen LogP contribution >= 0.6 is 0 Å². The standard InChI is InChI=1S/C18H27NO2/c1-6-10-16(19-17(20)21-18(3,4)5)13-14(2)15-11-8-7-9-12-15/h6-9,11-12,14,16H,1,10,13H2,2-5H3,(H,19,20)/t14-,16+/m1/s1. The Hall–Kier alpha value is -1.77. The topological polar surface area (TPSA) is 38.3 Å². The van der Waals surface area contributed by atoms with Crippen LogP contribution in [0.4, 0.5) is 4.79 Å². The first kappa shape index (κ1) is 17.3. The van der Waals surface area contributed by atoms with Crippen molar-refractivity contribution in [1.29, 1.82) is 0 Å². The fraction of sp³-hybridized carbons (Fsp3) is 0.500. The highest BCUT2D eigenvalue weighted by Gasteiger charge is 2.20. The van der Waals surface area contributed by atoms with E-state index in [1.54, 1.807) is 0 Å². The summed E-state index contributed by atoms with van der Waals surface area (Å²) in [5, 5.41) is 2.94. The van der Waals surface area contributed by atoms with Gasteiger partial charge in [-0.2, -0.15) is 0 Å². The van der Waals surface area contributed by atoms with Crippen LogP contribution in [0.2, 0.25) is 0 Å². The van der Waals surface area contributed by atoms with Gasteiger partial charge in [-0.1, -0.05) is 43.3 Å². The first-order chi connectivity index (χ1) is 9.81. The number of benzene rings is 1. The summed E-state index contributed by atoms with van der Waals surface area (Å²) in [6.45, 7) is 11.5. The third-order valence-electron chi connectivity index (χ3n) is 3.18. The normalized spacial score (nSPS) is 14.1. The van der Waals surface area contributed by atoms with E-state index in [-0.39, 0.29) is 12.1 Å². The second-order valence-electron chi connectivity index (χ2n) is 6.41. The van der Waals surface area contributed by atoms with Gasteiger partial charge in [-0.3, -0.25) is 0 Å². The second-order valence-corrected chi connectivity index (χ2v) is 6.41. The van der Waals surface area contributed by atoms with Crippen molar-refractivity contribution >= 4 is 6.09 Å². The van der Waals surface area contributed by atoms with Crippen molar-refractivity contribution in [2.24, 2.45) is 0 Å². The van der Waals surface area contributed by atoms with Crippen LogP contribution in [0.1, 0.15) is 52.0 Å². The molecule has 3 nitrogen and oxygen atoms in total. The molecule has 21 heavy (non-hydrogen) atoms. The molecule has 0 aliphatic rings. The smallest absolute Gasteiger partial charge is 0.407 e. The molecule has 1 aromatic carbocycles. The van der Waals surface area contributed by atoms with E-state index < -0.39 is 5.60 Å². The van der Waals surface area contributed by atoms with Crippen LogP contribution in [-0.4, -0.2) is 17.7 Å². The van der Waals surface area contributed by atoms with Crippen LogP contribution in [-0.2, 0) is 4.74 Å². The molecule has 3 heteroatoms. The minimum atomic E-state index is -0.478. The summed E-state index contributed by atoms with van der Waals surface area (Å²) < 4.78 is 5.32. The third kappa shape index (κ3) is 6.98. The van der Waals surface area contributed by atoms with Gasteiger partial charge in [0.05, 0.1) is 0 Å². The van der Waals surface area contributed by atoms with Crippen molar-refractivity contribution in [2.75, 3.05) is 0 Å². The van der Waals surface area contributed by atoms with E-state index >= 15 is 0 Å². The Morgan fingerprint density at radius 2 is 1.95 bits per heavy atom. The zero-order chi connectivity index (χ0) is 15.9. The molecule has 0 aromatic heterocycles. The lowest BCUT2D eigenvalue weighted by Crippen LogP contribution is -2.39. The second kappa shape index (κ2) is 7.87. The summed E-state index contributed by atoms with van der Waals surface area (Å²) >= 11 is 0. The van der Waals surface area contributed by atoms with E-state index in [1.807, 2.05) is 45.0 Å². The Kier molecular flexibility index (Phi) is 6.47. The van der Waals surface area contributed by atoms with Crippen LogP contribution in [0.15, 0.2) is 43.0 Å². The minimum Gasteiger partial charge on any atom is -0.444 e. The molecular weight excluding hydrogens is 262 g/mol. The van der Waals surface area contributed by atoms with Crippen LogP contribution in [0.25, 0.3) is 0 Å². The van der Waals surface area contributed by atoms with Crippen molar-refractivity contribution in [3.05, 3.63) is 48.6 Å². The highest BCUT2D eigenvalue weighted by atomic mass is 16.6. The molecule has 2 atom stereocenters. The number of carbonyl (C=O) groups excluding carboxylic acids is 1. The molecule has 1 rings (SSSR count). The maximum Gasteiger partial charge on any atom is 0.407 e. The number of ether oxygens (including phenoxy) is 1. The largest absolute Gasteiger partial charge is 0.444 e. The molecule has 0 fully saturated rings. The van der Waals surface area contributed by atoms with Crippen molar-refractivity contribution in [3.63, 3.8) is 0 Å². The SMILES string of the molecule is C=CC[C@@H](C[C@@H](C)c1ccccc1)NC(=O)OC(C)(C)C. The number of alkyl carbamates (subject to hydrolysis) is 1. The van der Waals surface area contributed by atoms with E-state index in [1.165, 1.54) is 5.56 Å². The number of carbonyl (C=O) groups is 1. The predicted molar refractivity (Wildman–Crippen MR) is 87.4 cm³/mol. The number of rotatable bonds is 6. The van der Waals surface area contributed by atoms with E-state index in [0.29, 0.717) is 5.92 Å². The maximum atomic E-state index is 11.9. The Balaban J connectivity index is 2.61. The highest BCUT2D eigenvalue weighted by molar-refractivity contribution is 5.68. The van der Waals surface area contributed by atoms with Gasteiger partial charge in [0, 0.05) is 6.04 Å². The molecule has 116 valence electrons. The quantitative estimate of drug-likeness (QED) is 0.774. The maximum absolute atomic E-state index is 11.9. The van der Waals surface area contributed by atoms with Crippen molar-refractivity contribution in [1.82, 2.24) is 5.32 Å². The molecule has 0 saturated heterocycles. The summed E-state index contributed by atoms with van der Waals surface area (Å²) in [6, 6.07) is 10.3. The molecular formula is C18H27NO2. The summed E-state index contributed by atoms with van der Waals surface area (Å²) in [5.41, 5.74) is 0.797. The van der Waals surface area contributed by atoms with Crippen LogP contribution < -0.4 is 5.32 Å². The molecule has 1 amide bonds. The van der Waals surface area contributed by atoms with Gasteiger partial charge in [0.25, 0.3) is 0 Å². The van der Waals surface area contributed by atoms with Gasteiger partial charge in [-0.25, -0.2) is 4.79 Å². The Bertz CT molecular complexity index is 448. The van der Waals surface area contributed by atoms with E-state index in [4.69, 9.17) is 4.74 Å². The molecule has 0 saturated carbocycles. The number of hydrogen-bond acceptors (Lipinski definition) is 2. The minimum absolute atomic E-state index is 0.0348. The summed E-state index contributed by atoms with van der Waals surface area (Å²) in [4.78, 5) is 11.9. The summed E-state index contributed by atoms with van der Waals surface area (Å²) in [5.74, 6) is 0.367. The summed E-state index contributed by atoms with van der Waals surface area (Å²) in [7, 11) is 0. The Morgan fingerprint density at radius 3 is 2.48 bits per heavy atom. The Morgan fingerprint density at radius 1 is 1.33 bits per heavy atom. The lowest BCUT2D eigenvalue weighted by Gasteiger charge is -2.25. The Labute approximate surface area is 128 Å². The van der Waals surface area contributed by atoms with Gasteiger partial charge in [0.15, 0.2) is 0 Å². The molecule has 0 bridgehead atoms. The molecule has 0 unspecified atom stereocenters. The van der Waals surface area contributed by atoms with Crippen molar-refractivity contribution in [2.45, 2.75) is 58.1 Å². The van der Waals surface area contributed by atoms with Gasteiger partial charge in [-0.15, -0.1) is 6.58 Å². The fourth-order valence-corrected chi connectivity index (χ4v) is 2.23. The third-order valence-corrected chi connectivity index (χ3v) is 3.18. The predicted octanol–water partition coefficient (Wildman–Crippen LogP) is 4.65. The van der Waals surface area contributed by atoms with Crippen molar-refractivity contribution in [3.8, 4) is 0 Å². The van der Waals surface area contributed by atoms with Gasteiger partial charge in [0.1, 0.15) is 5.60 Å². The average molecular weight is 289 g/mol. The lowest BCUT2D eigenvalue weighted by molar-refractivity contribution is 0.0501. The monoisotopic (exact) mass is 289 g/mol. The zero-order valence-electron chi connectivity index (χ0n) is 13.6. The first-order valence-electron chi connectivity index (χ1n) is 7.47. The molecule has 0 aliphatic heterocycles. The summed E-state index contributed by atoms with van der Waals surface area (Å²) in [6.07, 6.45) is 3.06. The average Bonchev–Trinajstić information content (AvgIpc) is 2.37. The molecule has 0 radical (unpaired) electrons. The van der Waals surface area contributed by atoms with E-state index in [2.05, 4.69) is 31.0 Å². The molecule has 1 N–H and O–H groups in total. The molecule has 0 heterocycles. The highest BCUT2D eigenvalue weighted by Crippen LogP contribution is 2.21. The van der Waals surface area contributed by atoms with E-state index in [0.717, 1.165) is 12.8 Å². The van der Waals surface area contributed by atoms with E-state index in [9.17, 15) is 4.79 Å². The molecule has 1 aromatic rings. The van der Waals surface area contributed by atoms with Crippen LogP contribution in [0.5, 0.6) is 0 Å². The van der Waals surface area contributed by atoms with Gasteiger partial charge in [-0.05, 0) is 45.1 Å². The van der Waals surface area contributed by atoms with Gasteiger partial charge >= 0.3 is 6.09 Å². The fourth-order valence-electron chi connectivity index (χ4n) is 2.23. The van der Waals surface area contributed by atoms with Gasteiger partial charge in [0.2, 0.25) is 0 Å². The number of nitrogens with one attached hydrogen (secondary N) is 1. The van der Waals surface area contributed by atoms with Crippen LogP contribution in [0, 0.1) is 0 Å². The zero-order valence-corrected chi connectivity index (χ0v) is 13.6. The van der Waals surface area contributed by atoms with Crippen molar-refractivity contribution < 1.29 is 9.53 Å². The number of amides is 1. The molecule has 0 aliphatic carbocycles. The first-order valence-corrected chi connectivity index (χ1v) is 7.47. The van der Waals surface area contributed by atoms with Gasteiger partial charge < -0.3 is 10.1 Å². The van der Waals surface area contributed by atoms with Crippen LogP contribution in [0.3, 0.4) is 0 Å².